The summed E-state index contributed by atoms with van der Waals surface area (Å²) in [5, 5.41) is 0. The molecule has 0 aliphatic rings. The minimum absolute atomic E-state index is 0.346. The monoisotopic (exact) mass is 235 g/mol. The second kappa shape index (κ2) is 5.43. The average molecular weight is 235 g/mol. The van der Waals surface area contributed by atoms with E-state index in [0.29, 0.717) is 0 Å². The number of hydrogen-bond donors (Lipinski definition) is 0. The topological polar surface area (TPSA) is 9.23 Å². The van der Waals surface area contributed by atoms with Gasteiger partial charge in [-0.3, -0.25) is 0 Å². The number of hydrogen-bond acceptors (Lipinski definition) is 1. The number of ether oxygens (including phenoxy) is 1. The Morgan fingerprint density at radius 1 is 1.20 bits per heavy atom. The summed E-state index contributed by atoms with van der Waals surface area (Å²) in [7, 11) is 0. The molecule has 0 amide bonds. The molecule has 0 spiro atoms. The Morgan fingerprint density at radius 3 is 2.13 bits per heavy atom. The predicted molar refractivity (Wildman–Crippen MR) is 44.3 cm³/mol. The maximum absolute atomic E-state index is 11.9. The molecule has 0 aromatic rings. The molecule has 0 aliphatic carbocycles. The van der Waals surface area contributed by atoms with Gasteiger partial charge in [-0.2, -0.15) is 13.2 Å². The second-order valence-electron chi connectivity index (χ2n) is 3.00. The third kappa shape index (κ3) is 8.35. The Balaban J connectivity index is 3.53. The predicted octanol–water partition coefficient (Wildman–Crippen LogP) is 3.29. The van der Waals surface area contributed by atoms with E-state index in [-0.39, 0.29) is 13.0 Å². The van der Waals surface area contributed by atoms with Crippen molar-refractivity contribution in [3.8, 4) is 0 Å². The molecule has 0 radical (unpaired) electrons. The zero-order valence-electron chi connectivity index (χ0n) is 7.79. The molecule has 0 fully saturated rings. The Morgan fingerprint density at radius 2 is 1.73 bits per heavy atom. The molecule has 0 atom stereocenters. The molecule has 0 heterocycles. The molecular weight excluding hydrogens is 225 g/mol. The second-order valence-corrected chi connectivity index (χ2v) is 3.00. The molecule has 0 N–H and O–H groups in total. The van der Waals surface area contributed by atoms with Crippen LogP contribution in [0.5, 0.6) is 0 Å². The van der Waals surface area contributed by atoms with E-state index in [1.165, 1.54) is 0 Å². The number of rotatable bonds is 6. The van der Waals surface area contributed by atoms with Gasteiger partial charge in [-0.05, 0) is 6.42 Å². The van der Waals surface area contributed by atoms with Gasteiger partial charge in [0.1, 0.15) is 0 Å². The van der Waals surface area contributed by atoms with E-state index < -0.39 is 31.7 Å². The van der Waals surface area contributed by atoms with E-state index >= 15 is 0 Å². The Kier molecular flexibility index (Phi) is 5.20. The maximum Gasteiger partial charge on any atom is 0.507 e. The Hall–Kier alpha value is -0.655. The molecule has 8 heteroatoms. The summed E-state index contributed by atoms with van der Waals surface area (Å²) >= 11 is 0. The fraction of sp³-hybridized carbons (Fsp3) is 0.714. The van der Waals surface area contributed by atoms with Crippen molar-refractivity contribution in [1.29, 1.82) is 0 Å². The van der Waals surface area contributed by atoms with Crippen LogP contribution in [0.1, 0.15) is 12.8 Å². The lowest BCUT2D eigenvalue weighted by atomic mass is 9.81. The SMILES string of the molecule is C=C(COCCCC(F)(F)F)[B-](F)(F)F. The molecule has 0 rings (SSSR count). The van der Waals surface area contributed by atoms with Crippen molar-refractivity contribution in [1.82, 2.24) is 0 Å². The molecule has 0 aromatic carbocycles. The minimum Gasteiger partial charge on any atom is -0.445 e. The zero-order chi connectivity index (χ0) is 12.1. The summed E-state index contributed by atoms with van der Waals surface area (Å²) in [6, 6.07) is 0. The van der Waals surface area contributed by atoms with E-state index in [4.69, 9.17) is 0 Å². The van der Waals surface area contributed by atoms with Gasteiger partial charge in [0.05, 0.1) is 0 Å². The number of alkyl halides is 3. The zero-order valence-corrected chi connectivity index (χ0v) is 7.79. The molecular formula is C7H10BF6O-. The maximum atomic E-state index is 11.9. The van der Waals surface area contributed by atoms with Gasteiger partial charge in [-0.1, -0.05) is 0 Å². The normalized spacial score (nSPS) is 12.9. The van der Waals surface area contributed by atoms with E-state index in [0.717, 1.165) is 0 Å². The quantitative estimate of drug-likeness (QED) is 0.390. The fourth-order valence-corrected chi connectivity index (χ4v) is 0.672. The van der Waals surface area contributed by atoms with Crippen molar-refractivity contribution in [2.75, 3.05) is 13.2 Å². The average Bonchev–Trinajstić information content (AvgIpc) is 1.99. The summed E-state index contributed by atoms with van der Waals surface area (Å²) in [6.07, 6.45) is -5.70. The summed E-state index contributed by atoms with van der Waals surface area (Å²) in [4.78, 5) is 0. The molecule has 0 aliphatic heterocycles. The summed E-state index contributed by atoms with van der Waals surface area (Å²) in [6.45, 7) is -3.55. The highest BCUT2D eigenvalue weighted by Crippen LogP contribution is 2.21. The van der Waals surface area contributed by atoms with Crippen molar-refractivity contribution < 1.29 is 30.9 Å². The van der Waals surface area contributed by atoms with Crippen LogP contribution in [0.2, 0.25) is 0 Å². The van der Waals surface area contributed by atoms with E-state index in [1.807, 2.05) is 0 Å². The van der Waals surface area contributed by atoms with Crippen LogP contribution < -0.4 is 0 Å². The Bertz CT molecular complexity index is 209. The molecule has 0 bridgehead atoms. The van der Waals surface area contributed by atoms with Crippen molar-refractivity contribution in [2.45, 2.75) is 19.0 Å². The molecule has 0 saturated heterocycles. The lowest BCUT2D eigenvalue weighted by molar-refractivity contribution is -0.137. The van der Waals surface area contributed by atoms with E-state index in [2.05, 4.69) is 11.3 Å². The van der Waals surface area contributed by atoms with Gasteiger partial charge < -0.3 is 17.7 Å². The summed E-state index contributed by atoms with van der Waals surface area (Å²) in [5.41, 5.74) is -1.04. The highest BCUT2D eigenvalue weighted by molar-refractivity contribution is 6.66. The van der Waals surface area contributed by atoms with Gasteiger partial charge >= 0.3 is 13.2 Å². The van der Waals surface area contributed by atoms with Crippen LogP contribution in [0.25, 0.3) is 0 Å². The highest BCUT2D eigenvalue weighted by atomic mass is 19.4. The first-order valence-corrected chi connectivity index (χ1v) is 4.15. The van der Waals surface area contributed by atoms with Gasteiger partial charge in [0.25, 0.3) is 0 Å². The third-order valence-electron chi connectivity index (χ3n) is 1.50. The lowest BCUT2D eigenvalue weighted by Crippen LogP contribution is -2.22. The van der Waals surface area contributed by atoms with Crippen LogP contribution in [0.15, 0.2) is 12.1 Å². The molecule has 0 saturated carbocycles. The van der Waals surface area contributed by atoms with Crippen LogP contribution in [0.4, 0.5) is 26.1 Å². The van der Waals surface area contributed by atoms with Gasteiger partial charge in [-0.15, -0.1) is 12.1 Å². The van der Waals surface area contributed by atoms with Gasteiger partial charge in [0, 0.05) is 19.6 Å². The molecule has 0 unspecified atom stereocenters. The third-order valence-corrected chi connectivity index (χ3v) is 1.50. The summed E-state index contributed by atoms with van der Waals surface area (Å²) in [5.74, 6) is 0. The largest absolute Gasteiger partial charge is 0.507 e. The highest BCUT2D eigenvalue weighted by Gasteiger charge is 2.27. The van der Waals surface area contributed by atoms with E-state index in [1.54, 1.807) is 0 Å². The van der Waals surface area contributed by atoms with Crippen LogP contribution in [0, 0.1) is 0 Å². The lowest BCUT2D eigenvalue weighted by Gasteiger charge is -2.17. The Labute approximate surface area is 83.2 Å². The first-order valence-electron chi connectivity index (χ1n) is 4.15. The van der Waals surface area contributed by atoms with Crippen LogP contribution >= 0.6 is 0 Å². The molecule has 90 valence electrons. The first kappa shape index (κ1) is 14.3. The van der Waals surface area contributed by atoms with Gasteiger partial charge in [-0.25, -0.2) is 0 Å². The summed E-state index contributed by atoms with van der Waals surface area (Å²) < 4.78 is 74.7. The molecule has 1 nitrogen and oxygen atoms in total. The van der Waals surface area contributed by atoms with E-state index in [9.17, 15) is 26.1 Å². The standard InChI is InChI=1S/C7H10BF6O/c1-6(8(12,13)14)5-15-4-2-3-7(9,10)11/h1-5H2/q-1. The van der Waals surface area contributed by atoms with Crippen LogP contribution in [-0.4, -0.2) is 26.4 Å². The van der Waals surface area contributed by atoms with Gasteiger partial charge in [0.15, 0.2) is 0 Å². The first-order chi connectivity index (χ1) is 6.63. The van der Waals surface area contributed by atoms with Crippen molar-refractivity contribution in [2.24, 2.45) is 0 Å². The van der Waals surface area contributed by atoms with Crippen LogP contribution in [0.3, 0.4) is 0 Å². The van der Waals surface area contributed by atoms with Crippen molar-refractivity contribution in [3.05, 3.63) is 12.1 Å². The molecule has 15 heavy (non-hydrogen) atoms. The van der Waals surface area contributed by atoms with Crippen molar-refractivity contribution in [3.63, 3.8) is 0 Å². The number of halogens is 6. The molecule has 0 aromatic heterocycles. The van der Waals surface area contributed by atoms with Crippen LogP contribution in [-0.2, 0) is 4.74 Å². The van der Waals surface area contributed by atoms with Gasteiger partial charge in [0.2, 0.25) is 0 Å². The smallest absolute Gasteiger partial charge is 0.445 e. The minimum atomic E-state index is -5.16. The van der Waals surface area contributed by atoms with Crippen molar-refractivity contribution >= 4 is 6.98 Å². The fourth-order valence-electron chi connectivity index (χ4n) is 0.672.